The Morgan fingerprint density at radius 1 is 1.13 bits per heavy atom. The Morgan fingerprint density at radius 3 is 2.43 bits per heavy atom. The topological polar surface area (TPSA) is 41.1 Å². The zero-order valence-corrected chi connectivity index (χ0v) is 13.4. The molecule has 0 radical (unpaired) electrons. The van der Waals surface area contributed by atoms with E-state index in [1.807, 2.05) is 37.3 Å². The van der Waals surface area contributed by atoms with Crippen molar-refractivity contribution < 1.29 is 9.18 Å². The van der Waals surface area contributed by atoms with Crippen molar-refractivity contribution >= 4 is 29.3 Å². The van der Waals surface area contributed by atoms with Crippen molar-refractivity contribution in [3.05, 3.63) is 77.6 Å². The second-order valence-corrected chi connectivity index (χ2v) is 5.39. The third-order valence-corrected chi connectivity index (χ3v) is 3.40. The molecule has 2 aromatic rings. The van der Waals surface area contributed by atoms with Gasteiger partial charge in [-0.2, -0.15) is 0 Å². The zero-order chi connectivity index (χ0) is 16.7. The van der Waals surface area contributed by atoms with Crippen LogP contribution in [0.15, 0.2) is 60.7 Å². The molecule has 1 unspecified atom stereocenters. The number of benzene rings is 2. The third kappa shape index (κ3) is 5.64. The molecule has 0 aliphatic carbocycles. The highest BCUT2D eigenvalue weighted by atomic mass is 32.1. The number of amides is 1. The monoisotopic (exact) mass is 328 g/mol. The Labute approximate surface area is 140 Å². The number of halogens is 1. The summed E-state index contributed by atoms with van der Waals surface area (Å²) in [5, 5.41) is 5.89. The molecule has 0 aliphatic rings. The fourth-order valence-corrected chi connectivity index (χ4v) is 2.23. The Bertz CT molecular complexity index is 699. The van der Waals surface area contributed by atoms with E-state index < -0.39 is 0 Å². The molecule has 2 aromatic carbocycles. The standard InChI is InChI=1S/C18H17FN2OS/c1-13(15-5-3-2-4-6-15)20-18(23)21-17(22)12-9-14-7-10-16(19)11-8-14/h2-13H,1H3,(H2,20,21,22,23)/b12-9+. The van der Waals surface area contributed by atoms with Crippen LogP contribution in [-0.2, 0) is 4.79 Å². The summed E-state index contributed by atoms with van der Waals surface area (Å²) in [5.74, 6) is -0.654. The number of carbonyl (C=O) groups excluding carboxylic acids is 1. The van der Waals surface area contributed by atoms with Crippen LogP contribution < -0.4 is 10.6 Å². The summed E-state index contributed by atoms with van der Waals surface area (Å²) < 4.78 is 12.8. The maximum absolute atomic E-state index is 12.8. The van der Waals surface area contributed by atoms with E-state index in [1.165, 1.54) is 18.2 Å². The molecule has 1 amide bonds. The molecule has 118 valence electrons. The van der Waals surface area contributed by atoms with Crippen molar-refractivity contribution in [2.45, 2.75) is 13.0 Å². The predicted molar refractivity (Wildman–Crippen MR) is 94.2 cm³/mol. The van der Waals surface area contributed by atoms with Crippen molar-refractivity contribution in [3.63, 3.8) is 0 Å². The van der Waals surface area contributed by atoms with Crippen LogP contribution >= 0.6 is 12.2 Å². The summed E-state index contributed by atoms with van der Waals surface area (Å²) in [5.41, 5.74) is 1.81. The largest absolute Gasteiger partial charge is 0.356 e. The molecule has 2 N–H and O–H groups in total. The van der Waals surface area contributed by atoms with E-state index in [9.17, 15) is 9.18 Å². The maximum atomic E-state index is 12.8. The average Bonchev–Trinajstić information content (AvgIpc) is 2.55. The van der Waals surface area contributed by atoms with E-state index in [2.05, 4.69) is 10.6 Å². The van der Waals surface area contributed by atoms with Crippen LogP contribution in [0.25, 0.3) is 6.08 Å². The Hall–Kier alpha value is -2.53. The van der Waals surface area contributed by atoms with E-state index in [4.69, 9.17) is 12.2 Å². The Kier molecular flexibility index (Phi) is 6.00. The number of hydrogen-bond donors (Lipinski definition) is 2. The van der Waals surface area contributed by atoms with Gasteiger partial charge in [-0.3, -0.25) is 10.1 Å². The molecule has 2 rings (SSSR count). The molecular weight excluding hydrogens is 311 g/mol. The number of carbonyl (C=O) groups is 1. The summed E-state index contributed by atoms with van der Waals surface area (Å²) in [6.07, 6.45) is 2.95. The zero-order valence-electron chi connectivity index (χ0n) is 12.6. The molecule has 0 saturated carbocycles. The molecule has 5 heteroatoms. The van der Waals surface area contributed by atoms with Gasteiger partial charge in [0.25, 0.3) is 0 Å². The first-order valence-electron chi connectivity index (χ1n) is 7.14. The lowest BCUT2D eigenvalue weighted by molar-refractivity contribution is -0.115. The van der Waals surface area contributed by atoms with Gasteiger partial charge >= 0.3 is 0 Å². The normalized spacial score (nSPS) is 11.9. The van der Waals surface area contributed by atoms with Gasteiger partial charge in [0.1, 0.15) is 5.82 Å². The molecule has 1 atom stereocenters. The maximum Gasteiger partial charge on any atom is 0.250 e. The van der Waals surface area contributed by atoms with Gasteiger partial charge in [0.15, 0.2) is 5.11 Å². The van der Waals surface area contributed by atoms with E-state index in [-0.39, 0.29) is 22.9 Å². The van der Waals surface area contributed by atoms with E-state index in [0.29, 0.717) is 0 Å². The van der Waals surface area contributed by atoms with Gasteiger partial charge < -0.3 is 5.32 Å². The van der Waals surface area contributed by atoms with Crippen LogP contribution in [0.3, 0.4) is 0 Å². The summed E-state index contributed by atoms with van der Waals surface area (Å²) in [6.45, 7) is 1.96. The van der Waals surface area contributed by atoms with Crippen molar-refractivity contribution in [3.8, 4) is 0 Å². The molecule has 0 heterocycles. The molecule has 23 heavy (non-hydrogen) atoms. The summed E-state index contributed by atoms with van der Waals surface area (Å²) in [4.78, 5) is 11.8. The van der Waals surface area contributed by atoms with Crippen LogP contribution in [0, 0.1) is 5.82 Å². The van der Waals surface area contributed by atoms with Gasteiger partial charge in [0, 0.05) is 6.08 Å². The molecule has 0 aliphatic heterocycles. The van der Waals surface area contributed by atoms with E-state index in [0.717, 1.165) is 11.1 Å². The first kappa shape index (κ1) is 16.8. The van der Waals surface area contributed by atoms with Crippen molar-refractivity contribution in [2.24, 2.45) is 0 Å². The summed E-state index contributed by atoms with van der Waals surface area (Å²) >= 11 is 5.13. The van der Waals surface area contributed by atoms with Gasteiger partial charge in [0.2, 0.25) is 5.91 Å². The number of thiocarbonyl (C=S) groups is 1. The molecule has 0 aromatic heterocycles. The summed E-state index contributed by atoms with van der Waals surface area (Å²) in [6, 6.07) is 15.6. The minimum atomic E-state index is -0.341. The highest BCUT2D eigenvalue weighted by Gasteiger charge is 2.07. The predicted octanol–water partition coefficient (Wildman–Crippen LogP) is 3.59. The second kappa shape index (κ2) is 8.19. The van der Waals surface area contributed by atoms with Crippen molar-refractivity contribution in [1.82, 2.24) is 10.6 Å². The minimum absolute atomic E-state index is 0.00919. The number of nitrogens with one attached hydrogen (secondary N) is 2. The van der Waals surface area contributed by atoms with Gasteiger partial charge in [-0.25, -0.2) is 4.39 Å². The van der Waals surface area contributed by atoms with Gasteiger partial charge in [0.05, 0.1) is 6.04 Å². The quantitative estimate of drug-likeness (QED) is 0.666. The third-order valence-electron chi connectivity index (χ3n) is 3.18. The minimum Gasteiger partial charge on any atom is -0.356 e. The number of rotatable bonds is 4. The van der Waals surface area contributed by atoms with Crippen molar-refractivity contribution in [2.75, 3.05) is 0 Å². The van der Waals surface area contributed by atoms with E-state index in [1.54, 1.807) is 18.2 Å². The Balaban J connectivity index is 1.85. The van der Waals surface area contributed by atoms with Gasteiger partial charge in [-0.1, -0.05) is 42.5 Å². The first-order valence-corrected chi connectivity index (χ1v) is 7.55. The van der Waals surface area contributed by atoms with Crippen LogP contribution in [0.1, 0.15) is 24.1 Å². The van der Waals surface area contributed by atoms with Crippen molar-refractivity contribution in [1.29, 1.82) is 0 Å². The van der Waals surface area contributed by atoms with Crippen LogP contribution in [0.2, 0.25) is 0 Å². The van der Waals surface area contributed by atoms with Gasteiger partial charge in [-0.05, 0) is 48.5 Å². The fraction of sp³-hybridized carbons (Fsp3) is 0.111. The number of hydrogen-bond acceptors (Lipinski definition) is 2. The highest BCUT2D eigenvalue weighted by molar-refractivity contribution is 7.80. The molecule has 0 fully saturated rings. The Morgan fingerprint density at radius 2 is 1.78 bits per heavy atom. The molecule has 0 spiro atoms. The van der Waals surface area contributed by atoms with Crippen LogP contribution in [0.4, 0.5) is 4.39 Å². The second-order valence-electron chi connectivity index (χ2n) is 4.98. The van der Waals surface area contributed by atoms with Crippen LogP contribution in [0.5, 0.6) is 0 Å². The molecule has 3 nitrogen and oxygen atoms in total. The smallest absolute Gasteiger partial charge is 0.250 e. The lowest BCUT2D eigenvalue weighted by Crippen LogP contribution is -2.39. The van der Waals surface area contributed by atoms with E-state index >= 15 is 0 Å². The van der Waals surface area contributed by atoms with Crippen LogP contribution in [-0.4, -0.2) is 11.0 Å². The lowest BCUT2D eigenvalue weighted by atomic mass is 10.1. The average molecular weight is 328 g/mol. The first-order chi connectivity index (χ1) is 11.0. The SMILES string of the molecule is CC(NC(=S)NC(=O)/C=C/c1ccc(F)cc1)c1ccccc1. The summed E-state index contributed by atoms with van der Waals surface area (Å²) in [7, 11) is 0. The highest BCUT2D eigenvalue weighted by Crippen LogP contribution is 2.10. The molecule has 0 bridgehead atoms. The lowest BCUT2D eigenvalue weighted by Gasteiger charge is -2.16. The molecular formula is C18H17FN2OS. The van der Waals surface area contributed by atoms with Gasteiger partial charge in [-0.15, -0.1) is 0 Å². The molecule has 0 saturated heterocycles. The fourth-order valence-electron chi connectivity index (χ4n) is 1.96.